The molecule has 0 aromatic heterocycles. The maximum Gasteiger partial charge on any atom is 0.258 e. The van der Waals surface area contributed by atoms with Crippen molar-refractivity contribution in [2.45, 2.75) is 18.6 Å². The number of benzene rings is 1. The number of nitrogens with zero attached hydrogens (tertiary/aromatic N) is 1. The Labute approximate surface area is 141 Å². The van der Waals surface area contributed by atoms with E-state index in [1.54, 1.807) is 6.07 Å². The van der Waals surface area contributed by atoms with Gasteiger partial charge in [0.2, 0.25) is 0 Å². The largest absolute Gasteiger partial charge is 0.484 e. The summed E-state index contributed by atoms with van der Waals surface area (Å²) in [5, 5.41) is 2.92. The number of nitrogens with one attached hydrogen (secondary N) is 1. The zero-order chi connectivity index (χ0) is 17.4. The highest BCUT2D eigenvalue weighted by molar-refractivity contribution is 5.77. The number of ether oxygens (including phenoxy) is 3. The second-order valence-electron chi connectivity index (χ2n) is 6.00. The molecule has 1 aliphatic heterocycles. The van der Waals surface area contributed by atoms with E-state index in [4.69, 9.17) is 14.2 Å². The molecule has 0 saturated carbocycles. The van der Waals surface area contributed by atoms with Crippen molar-refractivity contribution < 1.29 is 23.4 Å². The van der Waals surface area contributed by atoms with E-state index < -0.39 is 5.82 Å². The van der Waals surface area contributed by atoms with Crippen LogP contribution in [0.15, 0.2) is 24.3 Å². The lowest BCUT2D eigenvalue weighted by Gasteiger charge is -2.32. The Hall–Kier alpha value is -1.70. The average molecular weight is 340 g/mol. The summed E-state index contributed by atoms with van der Waals surface area (Å²) in [7, 11) is 3.95. The molecule has 6 nitrogen and oxygen atoms in total. The molecular weight excluding hydrogens is 315 g/mol. The molecule has 134 valence electrons. The number of halogens is 1. The number of amides is 1. The topological polar surface area (TPSA) is 60.0 Å². The predicted molar refractivity (Wildman–Crippen MR) is 87.6 cm³/mol. The number of carbonyl (C=O) groups excluding carboxylic acids is 1. The van der Waals surface area contributed by atoms with E-state index in [-0.39, 0.29) is 24.7 Å². The van der Waals surface area contributed by atoms with Gasteiger partial charge in [-0.2, -0.15) is 0 Å². The van der Waals surface area contributed by atoms with E-state index in [0.29, 0.717) is 32.0 Å². The van der Waals surface area contributed by atoms with Gasteiger partial charge in [-0.05, 0) is 32.6 Å². The minimum atomic E-state index is -0.397. The van der Waals surface area contributed by atoms with Crippen LogP contribution in [0.3, 0.4) is 0 Å². The van der Waals surface area contributed by atoms with Crippen molar-refractivity contribution in [1.29, 1.82) is 0 Å². The molecule has 1 aromatic carbocycles. The van der Waals surface area contributed by atoms with Crippen molar-refractivity contribution in [1.82, 2.24) is 10.2 Å². The summed E-state index contributed by atoms with van der Waals surface area (Å²) in [6.07, 6.45) is 0.523. The minimum Gasteiger partial charge on any atom is -0.484 e. The number of likely N-dealkylation sites (N-methyl/N-ethyl adjacent to an activating group) is 1. The van der Waals surface area contributed by atoms with Crippen molar-refractivity contribution in [2.75, 3.05) is 47.1 Å². The third-order valence-electron chi connectivity index (χ3n) is 3.69. The van der Waals surface area contributed by atoms with E-state index in [1.165, 1.54) is 18.2 Å². The second-order valence-corrected chi connectivity index (χ2v) is 6.00. The Morgan fingerprint density at radius 1 is 1.46 bits per heavy atom. The first-order chi connectivity index (χ1) is 11.5. The molecule has 1 saturated heterocycles. The highest BCUT2D eigenvalue weighted by Crippen LogP contribution is 2.13. The number of carbonyl (C=O) groups is 1. The molecule has 0 radical (unpaired) electrons. The normalized spacial score (nSPS) is 20.8. The summed E-state index contributed by atoms with van der Waals surface area (Å²) in [6, 6.07) is 5.61. The molecule has 1 N–H and O–H groups in total. The second kappa shape index (κ2) is 9.56. The van der Waals surface area contributed by atoms with Crippen molar-refractivity contribution in [3.05, 3.63) is 30.1 Å². The van der Waals surface area contributed by atoms with Crippen molar-refractivity contribution in [3.63, 3.8) is 0 Å². The van der Waals surface area contributed by atoms with Crippen LogP contribution < -0.4 is 10.1 Å². The van der Waals surface area contributed by atoms with Crippen LogP contribution >= 0.6 is 0 Å². The molecule has 0 spiro atoms. The number of hydrogen-bond donors (Lipinski definition) is 1. The molecule has 1 aromatic rings. The molecule has 0 unspecified atom stereocenters. The standard InChI is InChI=1S/C17H25FN2O4/c1-20(2)7-9-23-16-11-22-8-6-15(16)19-17(21)12-24-14-5-3-4-13(18)10-14/h3-5,10,15-16H,6-9,11-12H2,1-2H3,(H,19,21)/t15-,16-/m1/s1. The van der Waals surface area contributed by atoms with Crippen molar-refractivity contribution in [2.24, 2.45) is 0 Å². The van der Waals surface area contributed by atoms with Gasteiger partial charge in [0, 0.05) is 19.2 Å². The van der Waals surface area contributed by atoms with Gasteiger partial charge in [0.15, 0.2) is 6.61 Å². The van der Waals surface area contributed by atoms with Crippen LogP contribution in [0, 0.1) is 5.82 Å². The van der Waals surface area contributed by atoms with Gasteiger partial charge in [-0.15, -0.1) is 0 Å². The van der Waals surface area contributed by atoms with Gasteiger partial charge >= 0.3 is 0 Å². The van der Waals surface area contributed by atoms with Crippen LogP contribution in [0.4, 0.5) is 4.39 Å². The van der Waals surface area contributed by atoms with Crippen LogP contribution in [0.25, 0.3) is 0 Å². The van der Waals surface area contributed by atoms with E-state index in [0.717, 1.165) is 6.54 Å². The fourth-order valence-electron chi connectivity index (χ4n) is 2.38. The van der Waals surface area contributed by atoms with Crippen LogP contribution in [-0.4, -0.2) is 70.0 Å². The fraction of sp³-hybridized carbons (Fsp3) is 0.588. The van der Waals surface area contributed by atoms with Gasteiger partial charge in [-0.3, -0.25) is 4.79 Å². The van der Waals surface area contributed by atoms with Crippen molar-refractivity contribution in [3.8, 4) is 5.75 Å². The summed E-state index contributed by atoms with van der Waals surface area (Å²) in [4.78, 5) is 14.1. The fourth-order valence-corrected chi connectivity index (χ4v) is 2.38. The van der Waals surface area contributed by atoms with E-state index in [1.807, 2.05) is 19.0 Å². The maximum absolute atomic E-state index is 13.1. The average Bonchev–Trinajstić information content (AvgIpc) is 2.54. The van der Waals surface area contributed by atoms with Gasteiger partial charge < -0.3 is 24.4 Å². The zero-order valence-electron chi connectivity index (χ0n) is 14.2. The summed E-state index contributed by atoms with van der Waals surface area (Å²) in [5.74, 6) is -0.324. The molecule has 0 aliphatic carbocycles. The molecule has 24 heavy (non-hydrogen) atoms. The Morgan fingerprint density at radius 2 is 2.29 bits per heavy atom. The maximum atomic E-state index is 13.1. The van der Waals surface area contributed by atoms with E-state index >= 15 is 0 Å². The van der Waals surface area contributed by atoms with Crippen LogP contribution in [0.2, 0.25) is 0 Å². The molecular formula is C17H25FN2O4. The van der Waals surface area contributed by atoms with E-state index in [2.05, 4.69) is 5.32 Å². The van der Waals surface area contributed by atoms with Gasteiger partial charge in [-0.25, -0.2) is 4.39 Å². The van der Waals surface area contributed by atoms with Crippen LogP contribution in [0.1, 0.15) is 6.42 Å². The highest BCUT2D eigenvalue weighted by Gasteiger charge is 2.28. The summed E-state index contributed by atoms with van der Waals surface area (Å²) < 4.78 is 29.6. The first-order valence-corrected chi connectivity index (χ1v) is 8.06. The molecule has 2 atom stereocenters. The third kappa shape index (κ3) is 6.43. The Morgan fingerprint density at radius 3 is 3.04 bits per heavy atom. The van der Waals surface area contributed by atoms with Gasteiger partial charge in [0.25, 0.3) is 5.91 Å². The Balaban J connectivity index is 1.77. The first kappa shape index (κ1) is 18.6. The molecule has 1 fully saturated rings. The van der Waals surface area contributed by atoms with Gasteiger partial charge in [0.05, 0.1) is 19.3 Å². The molecule has 1 heterocycles. The van der Waals surface area contributed by atoms with E-state index in [9.17, 15) is 9.18 Å². The lowest BCUT2D eigenvalue weighted by Crippen LogP contribution is -2.51. The van der Waals surface area contributed by atoms with Crippen molar-refractivity contribution >= 4 is 5.91 Å². The first-order valence-electron chi connectivity index (χ1n) is 8.06. The van der Waals surface area contributed by atoms with Crippen LogP contribution in [0.5, 0.6) is 5.75 Å². The Kier molecular flexibility index (Phi) is 7.42. The van der Waals surface area contributed by atoms with Gasteiger partial charge in [0.1, 0.15) is 17.7 Å². The Bertz CT molecular complexity index is 527. The number of rotatable bonds is 8. The summed E-state index contributed by atoms with van der Waals surface area (Å²) in [5.41, 5.74) is 0. The molecule has 0 bridgehead atoms. The third-order valence-corrected chi connectivity index (χ3v) is 3.69. The van der Waals surface area contributed by atoms with Crippen LogP contribution in [-0.2, 0) is 14.3 Å². The molecule has 1 amide bonds. The molecule has 2 rings (SSSR count). The predicted octanol–water partition coefficient (Wildman–Crippen LogP) is 1.06. The minimum absolute atomic E-state index is 0.107. The quantitative estimate of drug-likeness (QED) is 0.767. The summed E-state index contributed by atoms with van der Waals surface area (Å²) >= 11 is 0. The SMILES string of the molecule is CN(C)CCO[C@@H]1COCC[C@H]1NC(=O)COc1cccc(F)c1. The lowest BCUT2D eigenvalue weighted by atomic mass is 10.1. The van der Waals surface area contributed by atoms with Gasteiger partial charge in [-0.1, -0.05) is 6.07 Å². The summed E-state index contributed by atoms with van der Waals surface area (Å²) in [6.45, 7) is 2.27. The number of hydrogen-bond acceptors (Lipinski definition) is 5. The lowest BCUT2D eigenvalue weighted by molar-refractivity contribution is -0.128. The zero-order valence-corrected chi connectivity index (χ0v) is 14.2. The molecule has 1 aliphatic rings. The molecule has 7 heteroatoms. The highest BCUT2D eigenvalue weighted by atomic mass is 19.1. The smallest absolute Gasteiger partial charge is 0.258 e. The monoisotopic (exact) mass is 340 g/mol.